The van der Waals surface area contributed by atoms with Gasteiger partial charge in [-0.1, -0.05) is 13.0 Å². The lowest BCUT2D eigenvalue weighted by Crippen LogP contribution is -2.46. The van der Waals surface area contributed by atoms with E-state index in [1.807, 2.05) is 0 Å². The molecule has 1 aliphatic carbocycles. The Labute approximate surface area is 231 Å². The number of fused-ring (bicyclic) bond motifs is 5. The number of methoxy groups -OCH3 is 2. The minimum Gasteiger partial charge on any atom is -0.492 e. The van der Waals surface area contributed by atoms with Crippen LogP contribution in [0.25, 0.3) is 11.1 Å². The topological polar surface area (TPSA) is 128 Å². The van der Waals surface area contributed by atoms with Crippen molar-refractivity contribution in [3.63, 3.8) is 0 Å². The molecule has 3 aliphatic rings. The third-order valence-corrected chi connectivity index (χ3v) is 7.73. The van der Waals surface area contributed by atoms with Crippen molar-refractivity contribution in [3.8, 4) is 45.6 Å². The molecule has 11 heteroatoms. The number of hydrogen-bond donors (Lipinski definition) is 1. The first-order valence-corrected chi connectivity index (χ1v) is 12.8. The predicted octanol–water partition coefficient (Wildman–Crippen LogP) is 4.38. The molecule has 40 heavy (non-hydrogen) atoms. The molecule has 0 saturated carbocycles. The lowest BCUT2D eigenvalue weighted by molar-refractivity contribution is -0.182. The minimum atomic E-state index is -1.78. The zero-order valence-electron chi connectivity index (χ0n) is 23.4. The van der Waals surface area contributed by atoms with Gasteiger partial charge in [0.25, 0.3) is 0 Å². The van der Waals surface area contributed by atoms with Gasteiger partial charge in [0.1, 0.15) is 11.7 Å². The highest BCUT2D eigenvalue weighted by Gasteiger charge is 2.51. The number of aliphatic hydroxyl groups is 1. The Morgan fingerprint density at radius 1 is 0.925 bits per heavy atom. The third-order valence-electron chi connectivity index (χ3n) is 7.73. The van der Waals surface area contributed by atoms with Crippen molar-refractivity contribution < 1.29 is 52.6 Å². The van der Waals surface area contributed by atoms with Gasteiger partial charge in [-0.15, -0.1) is 0 Å². The minimum absolute atomic E-state index is 0.0475. The molecule has 2 heterocycles. The quantitative estimate of drug-likeness (QED) is 0.416. The predicted molar refractivity (Wildman–Crippen MR) is 140 cm³/mol. The van der Waals surface area contributed by atoms with Crippen LogP contribution in [-0.4, -0.2) is 50.5 Å². The monoisotopic (exact) mass is 556 g/mol. The van der Waals surface area contributed by atoms with E-state index >= 15 is 0 Å². The Bertz CT molecular complexity index is 1410. The van der Waals surface area contributed by atoms with Crippen molar-refractivity contribution in [3.05, 3.63) is 34.9 Å². The molecule has 0 radical (unpaired) electrons. The zero-order chi connectivity index (χ0) is 28.9. The van der Waals surface area contributed by atoms with Gasteiger partial charge in [-0.2, -0.15) is 0 Å². The lowest BCUT2D eigenvalue weighted by atomic mass is 9.71. The summed E-state index contributed by atoms with van der Waals surface area (Å²) in [4.78, 5) is 25.6. The fraction of sp³-hybridized carbons (Fsp3) is 0.448. The van der Waals surface area contributed by atoms with Crippen LogP contribution in [-0.2, 0) is 19.1 Å². The maximum Gasteiger partial charge on any atom is 0.334 e. The maximum atomic E-state index is 13.2. The van der Waals surface area contributed by atoms with Gasteiger partial charge in [-0.05, 0) is 32.9 Å². The van der Waals surface area contributed by atoms with E-state index in [9.17, 15) is 14.7 Å². The number of allylic oxidation sites excluding steroid dienone is 1. The van der Waals surface area contributed by atoms with Crippen LogP contribution in [0.2, 0.25) is 0 Å². The van der Waals surface area contributed by atoms with E-state index in [0.29, 0.717) is 50.8 Å². The fourth-order valence-corrected chi connectivity index (χ4v) is 5.37. The first kappa shape index (κ1) is 27.4. The van der Waals surface area contributed by atoms with Crippen LogP contribution in [0, 0.1) is 5.92 Å². The number of hydrogen-bond acceptors (Lipinski definition) is 11. The van der Waals surface area contributed by atoms with Crippen molar-refractivity contribution in [2.75, 3.05) is 27.8 Å². The molecule has 214 valence electrons. The molecule has 11 nitrogen and oxygen atoms in total. The van der Waals surface area contributed by atoms with Gasteiger partial charge in [0.2, 0.25) is 25.1 Å². The van der Waals surface area contributed by atoms with Crippen LogP contribution < -0.4 is 28.4 Å². The second-order valence-corrected chi connectivity index (χ2v) is 10.0. The Hall–Kier alpha value is -4.12. The molecule has 0 amide bonds. The highest BCUT2D eigenvalue weighted by Crippen LogP contribution is 2.61. The second kappa shape index (κ2) is 10.1. The largest absolute Gasteiger partial charge is 0.492 e. The number of esters is 2. The molecule has 2 aromatic rings. The number of carbonyl (C=O) groups is 2. The number of rotatable bonds is 5. The Balaban J connectivity index is 1.94. The summed E-state index contributed by atoms with van der Waals surface area (Å²) in [5, 5.41) is 12.2. The Morgan fingerprint density at radius 3 is 1.95 bits per heavy atom. The number of carbonyl (C=O) groups excluding carboxylic acids is 2. The van der Waals surface area contributed by atoms with Crippen LogP contribution in [0.15, 0.2) is 23.8 Å². The summed E-state index contributed by atoms with van der Waals surface area (Å²) < 4.78 is 46.6. The summed E-state index contributed by atoms with van der Waals surface area (Å²) in [7, 11) is 2.94. The smallest absolute Gasteiger partial charge is 0.334 e. The van der Waals surface area contributed by atoms with E-state index in [1.165, 1.54) is 28.1 Å². The van der Waals surface area contributed by atoms with Crippen molar-refractivity contribution in [2.24, 2.45) is 5.92 Å². The van der Waals surface area contributed by atoms with Crippen LogP contribution in [0.1, 0.15) is 58.0 Å². The average molecular weight is 557 g/mol. The normalized spacial score (nSPS) is 24.3. The summed E-state index contributed by atoms with van der Waals surface area (Å²) in [5.41, 5.74) is 0.231. The number of ether oxygens (including phenoxy) is 8. The molecule has 0 fully saturated rings. The molecule has 0 saturated heterocycles. The van der Waals surface area contributed by atoms with Crippen molar-refractivity contribution in [1.29, 1.82) is 0 Å². The van der Waals surface area contributed by atoms with Gasteiger partial charge >= 0.3 is 11.9 Å². The molecule has 2 aromatic carbocycles. The summed E-state index contributed by atoms with van der Waals surface area (Å²) in [5.74, 6) is -0.103. The molecular formula is C29H32O11. The third kappa shape index (κ3) is 4.16. The summed E-state index contributed by atoms with van der Waals surface area (Å²) in [6.07, 6.45) is -0.687. The Morgan fingerprint density at radius 2 is 1.45 bits per heavy atom. The van der Waals surface area contributed by atoms with Gasteiger partial charge in [0.15, 0.2) is 29.1 Å². The molecule has 5 rings (SSSR count). The van der Waals surface area contributed by atoms with Gasteiger partial charge in [-0.3, -0.25) is 4.79 Å². The molecule has 1 N–H and O–H groups in total. The van der Waals surface area contributed by atoms with E-state index in [-0.39, 0.29) is 25.1 Å². The SMILES string of the molecule is C/C=C(/C)C(=O)O[C@H]1c2cc3c(c(OC)c2-c2c(cc4c(c2OC)OCO4)[C@H](OC(C)=O)[C@H](C)[C@]1(C)O)OCO3. The molecule has 0 unspecified atom stereocenters. The van der Waals surface area contributed by atoms with Crippen molar-refractivity contribution in [1.82, 2.24) is 0 Å². The summed E-state index contributed by atoms with van der Waals surface area (Å²) in [6.45, 7) is 7.75. The van der Waals surface area contributed by atoms with Crippen molar-refractivity contribution >= 4 is 11.9 Å². The molecule has 0 bridgehead atoms. The van der Waals surface area contributed by atoms with E-state index in [1.54, 1.807) is 39.0 Å². The van der Waals surface area contributed by atoms with E-state index < -0.39 is 35.7 Å². The highest BCUT2D eigenvalue weighted by atomic mass is 16.7. The summed E-state index contributed by atoms with van der Waals surface area (Å²) >= 11 is 0. The van der Waals surface area contributed by atoms with Crippen LogP contribution >= 0.6 is 0 Å². The van der Waals surface area contributed by atoms with Crippen LogP contribution in [0.4, 0.5) is 0 Å². The first-order valence-electron chi connectivity index (χ1n) is 12.8. The van der Waals surface area contributed by atoms with Gasteiger partial charge in [-0.25, -0.2) is 4.79 Å². The molecule has 2 aliphatic heterocycles. The van der Waals surface area contributed by atoms with E-state index in [2.05, 4.69) is 0 Å². The van der Waals surface area contributed by atoms with Gasteiger partial charge in [0.05, 0.1) is 14.2 Å². The lowest BCUT2D eigenvalue weighted by Gasteiger charge is -2.43. The van der Waals surface area contributed by atoms with E-state index in [0.717, 1.165) is 0 Å². The zero-order valence-corrected chi connectivity index (χ0v) is 23.4. The second-order valence-electron chi connectivity index (χ2n) is 10.0. The maximum absolute atomic E-state index is 13.2. The number of benzene rings is 2. The average Bonchev–Trinajstić information content (AvgIpc) is 3.60. The fourth-order valence-electron chi connectivity index (χ4n) is 5.37. The molecule has 4 atom stereocenters. The molecular weight excluding hydrogens is 524 g/mol. The van der Waals surface area contributed by atoms with Gasteiger partial charge < -0.3 is 43.0 Å². The van der Waals surface area contributed by atoms with E-state index in [4.69, 9.17) is 37.9 Å². The highest BCUT2D eigenvalue weighted by molar-refractivity contribution is 5.91. The first-order chi connectivity index (χ1) is 19.0. The standard InChI is InChI=1S/C29H32O11/c1-8-13(2)28(31)40-27-17-10-19-24(38-12-36-19)26(34-7)21(17)20-16(9-18-23(25(20)33-6)37-11-35-18)22(39-15(4)30)14(3)29(27,5)32/h8-10,14,22,27,32H,11-12H2,1-7H3/b13-8-/t14-,22+,27-,29-/m0/s1. The Kier molecular flexibility index (Phi) is 6.95. The molecule has 0 spiro atoms. The summed E-state index contributed by atoms with van der Waals surface area (Å²) in [6, 6.07) is 3.36. The van der Waals surface area contributed by atoms with Crippen LogP contribution in [0.5, 0.6) is 34.5 Å². The molecule has 0 aromatic heterocycles. The van der Waals surface area contributed by atoms with Crippen molar-refractivity contribution in [2.45, 2.75) is 52.4 Å². The van der Waals surface area contributed by atoms with Gasteiger partial charge in [0, 0.05) is 40.7 Å². The van der Waals surface area contributed by atoms with Crippen LogP contribution in [0.3, 0.4) is 0 Å².